The Balaban J connectivity index is 0.000000807. The zero-order chi connectivity index (χ0) is 12.7. The number of halogens is 2. The molecule has 21 heavy (non-hydrogen) atoms. The average molecular weight is 447 g/mol. The summed E-state index contributed by atoms with van der Waals surface area (Å²) < 4.78 is 1.52. The second kappa shape index (κ2) is 6.61. The van der Waals surface area contributed by atoms with Crippen molar-refractivity contribution in [2.75, 3.05) is 0 Å². The van der Waals surface area contributed by atoms with Crippen LogP contribution in [0.5, 0.6) is 0 Å². The molecule has 0 saturated carbocycles. The molecular weight excluding hydrogens is 433 g/mol. The van der Waals surface area contributed by atoms with E-state index in [0.717, 1.165) is 7.35 Å². The molecule has 0 bridgehead atoms. The van der Waals surface area contributed by atoms with Gasteiger partial charge in [-0.3, -0.25) is 0 Å². The van der Waals surface area contributed by atoms with Crippen LogP contribution in [0.3, 0.4) is 0 Å². The minimum absolute atomic E-state index is 0. The molecule has 3 heteroatoms. The van der Waals surface area contributed by atoms with Gasteiger partial charge in [0.25, 0.3) is 0 Å². The van der Waals surface area contributed by atoms with Gasteiger partial charge in [0.2, 0.25) is 0 Å². The van der Waals surface area contributed by atoms with Gasteiger partial charge < -0.3 is 9.41 Å². The Labute approximate surface area is 134 Å². The first-order valence-electron chi connectivity index (χ1n) is 6.72. The monoisotopic (exact) mass is 448 g/mol. The normalized spacial score (nSPS) is 20.0. The Morgan fingerprint density at radius 2 is 1.05 bits per heavy atom. The maximum Gasteiger partial charge on any atom is -1.00 e. The number of rotatable bonds is 2. The molecule has 104 valence electrons. The van der Waals surface area contributed by atoms with Crippen molar-refractivity contribution in [2.45, 2.75) is 7.35 Å². The molecule has 2 aliphatic rings. The van der Waals surface area contributed by atoms with E-state index in [1.54, 1.807) is 11.1 Å². The van der Waals surface area contributed by atoms with Crippen molar-refractivity contribution < 1.29 is 32.3 Å². The van der Waals surface area contributed by atoms with Crippen LogP contribution in [0.1, 0.15) is 29.6 Å². The maximum atomic E-state index is 2.45. The quantitative estimate of drug-likeness (QED) is 0.499. The molecule has 4 rings (SSSR count). The van der Waals surface area contributed by atoms with Crippen LogP contribution in [0, 0.1) is 0 Å². The molecule has 0 N–H and O–H groups in total. The minimum Gasteiger partial charge on any atom is -1.00 e. The van der Waals surface area contributed by atoms with Crippen molar-refractivity contribution in [1.29, 1.82) is 0 Å². The summed E-state index contributed by atoms with van der Waals surface area (Å²) in [4.78, 5) is 0. The van der Waals surface area contributed by atoms with Gasteiger partial charge in [-0.2, -0.15) is 0 Å². The third kappa shape index (κ3) is 2.84. The molecule has 2 aromatic carbocycles. The number of benzene rings is 2. The van der Waals surface area contributed by atoms with Crippen LogP contribution < -0.4 is 9.41 Å². The molecule has 0 nitrogen and oxygen atoms in total. The second-order valence-corrected chi connectivity index (χ2v) is 10.8. The first-order chi connectivity index (χ1) is 9.42. The average Bonchev–Trinajstić information content (AvgIpc) is 3.05. The van der Waals surface area contributed by atoms with Crippen LogP contribution in [0.2, 0.25) is 0 Å². The van der Waals surface area contributed by atoms with Crippen molar-refractivity contribution in [3.63, 3.8) is 0 Å². The van der Waals surface area contributed by atoms with Gasteiger partial charge in [-0.15, -0.1) is 0 Å². The zero-order valence-corrected chi connectivity index (χ0v) is 14.9. The summed E-state index contributed by atoms with van der Waals surface area (Å²) in [5, 5.41) is 0. The molecular formula is C18H14F2Hf. The Bertz CT molecular complexity index is 632. The molecule has 2 atom stereocenters. The standard InChI is InChI=1S/2C9H7.2FH.Hf/c2*1-2-5-9-7-3-6-8(9)4-1;;;/h2*1-7H;2*1H;/q;;;;+2/p-2. The molecule has 0 amide bonds. The fourth-order valence-corrected chi connectivity index (χ4v) is 9.04. The second-order valence-electron chi connectivity index (χ2n) is 5.10. The van der Waals surface area contributed by atoms with Gasteiger partial charge in [0.05, 0.1) is 0 Å². The molecule has 0 radical (unpaired) electrons. The van der Waals surface area contributed by atoms with E-state index in [1.165, 1.54) is 11.1 Å². The van der Waals surface area contributed by atoms with E-state index in [0.29, 0.717) is 0 Å². The first kappa shape index (κ1) is 16.0. The van der Waals surface area contributed by atoms with Crippen LogP contribution in [0.4, 0.5) is 0 Å². The maximum absolute atomic E-state index is 2.45. The molecule has 2 aromatic rings. The molecule has 0 saturated heterocycles. The Morgan fingerprint density at radius 1 is 0.619 bits per heavy atom. The van der Waals surface area contributed by atoms with Gasteiger partial charge in [-0.05, 0) is 0 Å². The number of hydrogen-bond donors (Lipinski definition) is 0. The van der Waals surface area contributed by atoms with Gasteiger partial charge in [0.15, 0.2) is 0 Å². The molecule has 0 spiro atoms. The third-order valence-electron chi connectivity index (χ3n) is 3.96. The van der Waals surface area contributed by atoms with E-state index in [9.17, 15) is 0 Å². The first-order valence-corrected chi connectivity index (χ1v) is 10.9. The van der Waals surface area contributed by atoms with Gasteiger partial charge in [0.1, 0.15) is 0 Å². The summed E-state index contributed by atoms with van der Waals surface area (Å²) >= 11 is -0.790. The third-order valence-corrected chi connectivity index (χ3v) is 10.2. The molecule has 0 aromatic heterocycles. The Kier molecular flexibility index (Phi) is 5.04. The molecule has 0 aliphatic heterocycles. The smallest absolute Gasteiger partial charge is 1.00 e. The van der Waals surface area contributed by atoms with Crippen LogP contribution in [0.15, 0.2) is 60.7 Å². The Morgan fingerprint density at radius 3 is 1.52 bits per heavy atom. The molecule has 0 heterocycles. The number of hydrogen-bond acceptors (Lipinski definition) is 0. The zero-order valence-electron chi connectivity index (χ0n) is 11.3. The Hall–Kier alpha value is -1.35. The SMILES string of the molecule is C1=C[CH]([Hf+2][CH]2C=Cc3ccccc32)c2ccccc21.[F-].[F-]. The van der Waals surface area contributed by atoms with Crippen molar-refractivity contribution in [3.8, 4) is 0 Å². The molecule has 2 unspecified atom stereocenters. The van der Waals surface area contributed by atoms with E-state index < -0.39 is 22.9 Å². The van der Waals surface area contributed by atoms with Gasteiger partial charge in [-0.25, -0.2) is 0 Å². The van der Waals surface area contributed by atoms with Gasteiger partial charge in [-0.1, -0.05) is 0 Å². The molecule has 2 aliphatic carbocycles. The van der Waals surface area contributed by atoms with Crippen molar-refractivity contribution in [3.05, 3.63) is 82.9 Å². The van der Waals surface area contributed by atoms with Crippen LogP contribution in [0.25, 0.3) is 12.2 Å². The van der Waals surface area contributed by atoms with Crippen molar-refractivity contribution in [1.82, 2.24) is 0 Å². The van der Waals surface area contributed by atoms with Crippen molar-refractivity contribution >= 4 is 12.2 Å². The fourth-order valence-electron chi connectivity index (χ4n) is 2.98. The van der Waals surface area contributed by atoms with Gasteiger partial charge in [0, 0.05) is 0 Å². The predicted molar refractivity (Wildman–Crippen MR) is 76.4 cm³/mol. The predicted octanol–water partition coefficient (Wildman–Crippen LogP) is -1.39. The van der Waals surface area contributed by atoms with Gasteiger partial charge >= 0.3 is 125 Å². The van der Waals surface area contributed by atoms with E-state index in [2.05, 4.69) is 72.8 Å². The van der Waals surface area contributed by atoms with E-state index >= 15 is 0 Å². The summed E-state index contributed by atoms with van der Waals surface area (Å²) in [6.07, 6.45) is 9.53. The summed E-state index contributed by atoms with van der Waals surface area (Å²) in [5.74, 6) is 0. The van der Waals surface area contributed by atoms with Crippen molar-refractivity contribution in [2.24, 2.45) is 0 Å². The fraction of sp³-hybridized carbons (Fsp3) is 0.111. The summed E-state index contributed by atoms with van der Waals surface area (Å²) in [7, 11) is 0. The molecule has 0 fully saturated rings. The summed E-state index contributed by atoms with van der Waals surface area (Å²) in [6, 6.07) is 17.8. The summed E-state index contributed by atoms with van der Waals surface area (Å²) in [6.45, 7) is 0. The number of allylic oxidation sites excluding steroid dienone is 2. The topological polar surface area (TPSA) is 0 Å². The minimum atomic E-state index is -0.790. The van der Waals surface area contributed by atoms with E-state index in [-0.39, 0.29) is 9.41 Å². The van der Waals surface area contributed by atoms with E-state index in [1.807, 2.05) is 0 Å². The van der Waals surface area contributed by atoms with E-state index in [4.69, 9.17) is 0 Å². The summed E-state index contributed by atoms with van der Waals surface area (Å²) in [5.41, 5.74) is 6.03. The van der Waals surface area contributed by atoms with Crippen LogP contribution in [-0.2, 0) is 22.9 Å². The van der Waals surface area contributed by atoms with Crippen LogP contribution in [-0.4, -0.2) is 0 Å². The number of fused-ring (bicyclic) bond motifs is 2. The van der Waals surface area contributed by atoms with Crippen LogP contribution >= 0.6 is 0 Å². The largest absolute Gasteiger partial charge is 1.00 e.